The number of nitro groups is 1. The predicted molar refractivity (Wildman–Crippen MR) is 69.7 cm³/mol. The SMILES string of the molecule is O=[N+]([O-])c1ccc(C=Nc2ccc(Cl)cc2)s1. The van der Waals surface area contributed by atoms with Gasteiger partial charge in [0, 0.05) is 17.3 Å². The first-order valence-electron chi connectivity index (χ1n) is 4.69. The Morgan fingerprint density at radius 3 is 2.53 bits per heavy atom. The molecule has 0 saturated carbocycles. The lowest BCUT2D eigenvalue weighted by atomic mass is 10.3. The van der Waals surface area contributed by atoms with Gasteiger partial charge in [-0.3, -0.25) is 15.1 Å². The van der Waals surface area contributed by atoms with Gasteiger partial charge in [0.1, 0.15) is 0 Å². The van der Waals surface area contributed by atoms with Crippen LogP contribution < -0.4 is 0 Å². The molecular formula is C11H7ClN2O2S. The minimum atomic E-state index is -0.412. The van der Waals surface area contributed by atoms with Gasteiger partial charge in [0.25, 0.3) is 0 Å². The molecule has 4 nitrogen and oxygen atoms in total. The van der Waals surface area contributed by atoms with Gasteiger partial charge in [-0.1, -0.05) is 22.9 Å². The van der Waals surface area contributed by atoms with E-state index in [4.69, 9.17) is 11.6 Å². The summed E-state index contributed by atoms with van der Waals surface area (Å²) < 4.78 is 0. The molecule has 0 spiro atoms. The first-order chi connectivity index (χ1) is 8.15. The lowest BCUT2D eigenvalue weighted by Crippen LogP contribution is -1.80. The highest BCUT2D eigenvalue weighted by atomic mass is 35.5. The third-order valence-electron chi connectivity index (χ3n) is 1.96. The molecule has 0 unspecified atom stereocenters. The maximum atomic E-state index is 10.5. The van der Waals surface area contributed by atoms with Crippen molar-refractivity contribution in [3.8, 4) is 0 Å². The Hall–Kier alpha value is -1.72. The summed E-state index contributed by atoms with van der Waals surface area (Å²) >= 11 is 6.83. The van der Waals surface area contributed by atoms with Crippen LogP contribution in [-0.4, -0.2) is 11.1 Å². The van der Waals surface area contributed by atoms with E-state index in [0.717, 1.165) is 21.9 Å². The molecule has 0 N–H and O–H groups in total. The van der Waals surface area contributed by atoms with Crippen LogP contribution in [0.25, 0.3) is 0 Å². The summed E-state index contributed by atoms with van der Waals surface area (Å²) in [7, 11) is 0. The molecule has 0 amide bonds. The molecule has 86 valence electrons. The quantitative estimate of drug-likeness (QED) is 0.478. The molecule has 1 heterocycles. The number of hydrogen-bond donors (Lipinski definition) is 0. The van der Waals surface area contributed by atoms with Crippen LogP contribution in [0.15, 0.2) is 41.4 Å². The summed E-state index contributed by atoms with van der Waals surface area (Å²) in [5.41, 5.74) is 0.755. The van der Waals surface area contributed by atoms with E-state index in [9.17, 15) is 10.1 Å². The molecule has 0 saturated heterocycles. The Labute approximate surface area is 106 Å². The summed E-state index contributed by atoms with van der Waals surface area (Å²) in [6.45, 7) is 0. The lowest BCUT2D eigenvalue weighted by Gasteiger charge is -1.92. The largest absolute Gasteiger partial charge is 0.324 e. The summed E-state index contributed by atoms with van der Waals surface area (Å²) in [6.07, 6.45) is 1.60. The van der Waals surface area contributed by atoms with Gasteiger partial charge in [0.15, 0.2) is 0 Å². The van der Waals surface area contributed by atoms with Crippen molar-refractivity contribution in [2.75, 3.05) is 0 Å². The van der Waals surface area contributed by atoms with Crippen LogP contribution in [0.2, 0.25) is 5.02 Å². The normalized spacial score (nSPS) is 10.9. The molecule has 0 aliphatic carbocycles. The molecule has 1 aromatic heterocycles. The van der Waals surface area contributed by atoms with Gasteiger partial charge in [-0.05, 0) is 30.3 Å². The zero-order valence-electron chi connectivity index (χ0n) is 8.54. The summed E-state index contributed by atoms with van der Waals surface area (Å²) in [6, 6.07) is 10.2. The second-order valence-corrected chi connectivity index (χ2v) is 4.70. The fraction of sp³-hybridized carbons (Fsp3) is 0. The topological polar surface area (TPSA) is 55.5 Å². The fourth-order valence-corrected chi connectivity index (χ4v) is 1.99. The highest BCUT2D eigenvalue weighted by Gasteiger charge is 2.07. The molecular weight excluding hydrogens is 260 g/mol. The highest BCUT2D eigenvalue weighted by Crippen LogP contribution is 2.23. The van der Waals surface area contributed by atoms with Gasteiger partial charge in [0.2, 0.25) is 0 Å². The second kappa shape index (κ2) is 5.07. The Morgan fingerprint density at radius 2 is 1.94 bits per heavy atom. The van der Waals surface area contributed by atoms with Crippen LogP contribution >= 0.6 is 22.9 Å². The van der Waals surface area contributed by atoms with Crippen molar-refractivity contribution in [2.45, 2.75) is 0 Å². The molecule has 6 heteroatoms. The van der Waals surface area contributed by atoms with Crippen molar-refractivity contribution < 1.29 is 4.92 Å². The van der Waals surface area contributed by atoms with Crippen LogP contribution in [0, 0.1) is 10.1 Å². The summed E-state index contributed by atoms with van der Waals surface area (Å²) in [4.78, 5) is 15.0. The summed E-state index contributed by atoms with van der Waals surface area (Å²) in [5, 5.41) is 11.2. The van der Waals surface area contributed by atoms with Crippen LogP contribution in [0.3, 0.4) is 0 Å². The van der Waals surface area contributed by atoms with Gasteiger partial charge >= 0.3 is 5.00 Å². The second-order valence-electron chi connectivity index (χ2n) is 3.17. The average Bonchev–Trinajstić information content (AvgIpc) is 2.77. The van der Waals surface area contributed by atoms with Crippen LogP contribution in [0.4, 0.5) is 10.7 Å². The van der Waals surface area contributed by atoms with Gasteiger partial charge in [0.05, 0.1) is 15.5 Å². The lowest BCUT2D eigenvalue weighted by molar-refractivity contribution is -0.380. The van der Waals surface area contributed by atoms with Crippen molar-refractivity contribution in [1.82, 2.24) is 0 Å². The monoisotopic (exact) mass is 266 g/mol. The minimum absolute atomic E-state index is 0.113. The van der Waals surface area contributed by atoms with E-state index < -0.39 is 4.92 Å². The molecule has 0 fully saturated rings. The van der Waals surface area contributed by atoms with Gasteiger partial charge in [-0.15, -0.1) is 0 Å². The molecule has 0 radical (unpaired) electrons. The zero-order chi connectivity index (χ0) is 12.3. The van der Waals surface area contributed by atoms with Crippen LogP contribution in [0.5, 0.6) is 0 Å². The average molecular weight is 267 g/mol. The van der Waals surface area contributed by atoms with E-state index in [2.05, 4.69) is 4.99 Å². The van der Waals surface area contributed by atoms with E-state index in [1.54, 1.807) is 36.5 Å². The standard InChI is InChI=1S/C11H7ClN2O2S/c12-8-1-3-9(4-2-8)13-7-10-5-6-11(17-10)14(15)16/h1-7H. The summed E-state index contributed by atoms with van der Waals surface area (Å²) in [5.74, 6) is 0. The van der Waals surface area contributed by atoms with Crippen LogP contribution in [0.1, 0.15) is 4.88 Å². The van der Waals surface area contributed by atoms with E-state index in [1.807, 2.05) is 0 Å². The van der Waals surface area contributed by atoms with E-state index in [0.29, 0.717) is 5.02 Å². The number of thiophene rings is 1. The van der Waals surface area contributed by atoms with Crippen LogP contribution in [-0.2, 0) is 0 Å². The molecule has 0 aliphatic heterocycles. The molecule has 2 rings (SSSR count). The molecule has 2 aromatic rings. The highest BCUT2D eigenvalue weighted by molar-refractivity contribution is 7.16. The molecule has 17 heavy (non-hydrogen) atoms. The van der Waals surface area contributed by atoms with Crippen molar-refractivity contribution >= 4 is 39.8 Å². The number of aliphatic imine (C=N–C) groups is 1. The van der Waals surface area contributed by atoms with E-state index in [1.165, 1.54) is 6.07 Å². The van der Waals surface area contributed by atoms with Crippen molar-refractivity contribution in [3.63, 3.8) is 0 Å². The van der Waals surface area contributed by atoms with Crippen molar-refractivity contribution in [2.24, 2.45) is 4.99 Å². The maximum Gasteiger partial charge on any atom is 0.324 e. The van der Waals surface area contributed by atoms with E-state index >= 15 is 0 Å². The third kappa shape index (κ3) is 3.12. The van der Waals surface area contributed by atoms with Gasteiger partial charge in [-0.25, -0.2) is 0 Å². The van der Waals surface area contributed by atoms with E-state index in [-0.39, 0.29) is 5.00 Å². The Kier molecular flexibility index (Phi) is 3.51. The number of nitrogens with zero attached hydrogens (tertiary/aromatic N) is 2. The maximum absolute atomic E-state index is 10.5. The van der Waals surface area contributed by atoms with Gasteiger partial charge in [-0.2, -0.15) is 0 Å². The van der Waals surface area contributed by atoms with Crippen molar-refractivity contribution in [1.29, 1.82) is 0 Å². The molecule has 0 aliphatic rings. The first kappa shape index (κ1) is 11.8. The predicted octanol–water partition coefficient (Wildman–Crippen LogP) is 4.06. The van der Waals surface area contributed by atoms with Gasteiger partial charge < -0.3 is 0 Å². The Morgan fingerprint density at radius 1 is 1.24 bits per heavy atom. The fourth-order valence-electron chi connectivity index (χ4n) is 1.18. The molecule has 0 atom stereocenters. The zero-order valence-corrected chi connectivity index (χ0v) is 10.1. The molecule has 1 aromatic carbocycles. The number of halogens is 1. The minimum Gasteiger partial charge on any atom is -0.258 e. The Balaban J connectivity index is 2.14. The first-order valence-corrected chi connectivity index (χ1v) is 5.88. The number of hydrogen-bond acceptors (Lipinski definition) is 4. The Bertz CT molecular complexity index is 563. The third-order valence-corrected chi connectivity index (χ3v) is 3.18. The number of benzene rings is 1. The number of rotatable bonds is 3. The molecule has 0 bridgehead atoms. The smallest absolute Gasteiger partial charge is 0.258 e. The van der Waals surface area contributed by atoms with Crippen molar-refractivity contribution in [3.05, 3.63) is 56.4 Å².